The number of fused-ring (bicyclic) bond motifs is 1. The Morgan fingerprint density at radius 3 is 2.55 bits per heavy atom. The smallest absolute Gasteiger partial charge is 0.306 e. The summed E-state index contributed by atoms with van der Waals surface area (Å²) in [5.41, 5.74) is 4.44. The maximum Gasteiger partial charge on any atom is 0.306 e. The van der Waals surface area contributed by atoms with Gasteiger partial charge in [0.25, 0.3) is 0 Å². The van der Waals surface area contributed by atoms with Crippen LogP contribution in [0.15, 0.2) is 42.5 Å². The summed E-state index contributed by atoms with van der Waals surface area (Å²) in [5.74, 6) is 1.04. The predicted molar refractivity (Wildman–Crippen MR) is 130 cm³/mol. The van der Waals surface area contributed by atoms with E-state index in [0.29, 0.717) is 36.9 Å². The van der Waals surface area contributed by atoms with Crippen LogP contribution in [-0.2, 0) is 28.8 Å². The lowest BCUT2D eigenvalue weighted by Crippen LogP contribution is -2.42. The first-order chi connectivity index (χ1) is 15.9. The number of ether oxygens (including phenoxy) is 2. The number of para-hydroxylation sites is 1. The first-order valence-corrected chi connectivity index (χ1v) is 12.0. The predicted octanol–water partition coefficient (Wildman–Crippen LogP) is 5.00. The van der Waals surface area contributed by atoms with Gasteiger partial charge in [0.2, 0.25) is 0 Å². The summed E-state index contributed by atoms with van der Waals surface area (Å²) in [5, 5.41) is 13.2. The Morgan fingerprint density at radius 2 is 1.88 bits per heavy atom. The maximum atomic E-state index is 11.7. The molecule has 1 N–H and O–H groups in total. The van der Waals surface area contributed by atoms with E-state index in [0.717, 1.165) is 24.9 Å². The Labute approximate surface area is 198 Å². The number of benzene rings is 2. The Morgan fingerprint density at radius 1 is 1.15 bits per heavy atom. The molecule has 0 aromatic heterocycles. The standard InChI is InChI=1S/C28H36N2O3/c1-4-32-26(31)14-13-22-11-7-12-25(20-29)27(22)33-16-8-15-30-28(2,3)19-21-17-23-9-5-6-10-24(23)18-21/h5-7,9-12,21,30H,4,8,13-19H2,1-3H3. The number of hydrogen-bond donors (Lipinski definition) is 1. The van der Waals surface area contributed by atoms with Crippen LogP contribution in [-0.4, -0.2) is 31.3 Å². The van der Waals surface area contributed by atoms with Gasteiger partial charge >= 0.3 is 5.97 Å². The third-order valence-corrected chi connectivity index (χ3v) is 6.23. The van der Waals surface area contributed by atoms with E-state index in [4.69, 9.17) is 9.47 Å². The number of carbonyl (C=O) groups is 1. The van der Waals surface area contributed by atoms with Crippen molar-refractivity contribution in [3.8, 4) is 11.8 Å². The molecule has 5 heteroatoms. The second kappa shape index (κ2) is 11.9. The lowest BCUT2D eigenvalue weighted by atomic mass is 9.88. The van der Waals surface area contributed by atoms with Crippen molar-refractivity contribution in [2.45, 2.75) is 64.8 Å². The van der Waals surface area contributed by atoms with Gasteiger partial charge in [-0.25, -0.2) is 0 Å². The van der Waals surface area contributed by atoms with E-state index in [-0.39, 0.29) is 17.9 Å². The van der Waals surface area contributed by atoms with E-state index < -0.39 is 0 Å². The molecule has 2 aromatic rings. The lowest BCUT2D eigenvalue weighted by molar-refractivity contribution is -0.143. The summed E-state index contributed by atoms with van der Waals surface area (Å²) in [6.45, 7) is 8.08. The molecule has 3 rings (SSSR count). The van der Waals surface area contributed by atoms with Gasteiger partial charge in [0.1, 0.15) is 11.8 Å². The van der Waals surface area contributed by atoms with Gasteiger partial charge < -0.3 is 14.8 Å². The molecule has 0 saturated carbocycles. The topological polar surface area (TPSA) is 71.4 Å². The van der Waals surface area contributed by atoms with Crippen molar-refractivity contribution in [2.24, 2.45) is 5.92 Å². The number of rotatable bonds is 12. The van der Waals surface area contributed by atoms with E-state index in [9.17, 15) is 10.1 Å². The van der Waals surface area contributed by atoms with Crippen molar-refractivity contribution in [1.29, 1.82) is 5.26 Å². The fourth-order valence-electron chi connectivity index (χ4n) is 4.77. The highest BCUT2D eigenvalue weighted by Gasteiger charge is 2.27. The van der Waals surface area contributed by atoms with Crippen molar-refractivity contribution < 1.29 is 14.3 Å². The van der Waals surface area contributed by atoms with Crippen LogP contribution in [0.5, 0.6) is 5.75 Å². The van der Waals surface area contributed by atoms with Gasteiger partial charge in [0.05, 0.1) is 18.8 Å². The molecule has 0 heterocycles. The van der Waals surface area contributed by atoms with Crippen LogP contribution in [0.3, 0.4) is 0 Å². The highest BCUT2D eigenvalue weighted by atomic mass is 16.5. The minimum atomic E-state index is -0.234. The highest BCUT2D eigenvalue weighted by molar-refractivity contribution is 5.70. The molecule has 1 aliphatic carbocycles. The van der Waals surface area contributed by atoms with Crippen LogP contribution < -0.4 is 10.1 Å². The zero-order valence-corrected chi connectivity index (χ0v) is 20.2. The van der Waals surface area contributed by atoms with Crippen LogP contribution in [0.1, 0.15) is 62.3 Å². The number of aryl methyl sites for hydroxylation is 1. The van der Waals surface area contributed by atoms with Gasteiger partial charge in [-0.2, -0.15) is 5.26 Å². The lowest BCUT2D eigenvalue weighted by Gasteiger charge is -2.29. The summed E-state index contributed by atoms with van der Waals surface area (Å²) in [6.07, 6.45) is 5.09. The minimum absolute atomic E-state index is 0.0576. The molecular weight excluding hydrogens is 412 g/mol. The summed E-state index contributed by atoms with van der Waals surface area (Å²) < 4.78 is 11.0. The number of nitrogens with zero attached hydrogens (tertiary/aromatic N) is 1. The fraction of sp³-hybridized carbons (Fsp3) is 0.500. The second-order valence-corrected chi connectivity index (χ2v) is 9.47. The zero-order chi connectivity index (χ0) is 23.7. The summed E-state index contributed by atoms with van der Waals surface area (Å²) in [6, 6.07) is 16.5. The maximum absolute atomic E-state index is 11.7. The van der Waals surface area contributed by atoms with E-state index in [2.05, 4.69) is 49.5 Å². The number of carbonyl (C=O) groups excluding carboxylic acids is 1. The summed E-state index contributed by atoms with van der Waals surface area (Å²) >= 11 is 0. The van der Waals surface area contributed by atoms with E-state index >= 15 is 0 Å². The van der Waals surface area contributed by atoms with Crippen molar-refractivity contribution in [1.82, 2.24) is 5.32 Å². The molecule has 5 nitrogen and oxygen atoms in total. The van der Waals surface area contributed by atoms with Gasteiger partial charge in [0.15, 0.2) is 0 Å². The third kappa shape index (κ3) is 7.33. The Hall–Kier alpha value is -2.84. The van der Waals surface area contributed by atoms with Gasteiger partial charge in [-0.1, -0.05) is 36.4 Å². The average Bonchev–Trinajstić information content (AvgIpc) is 3.19. The number of esters is 1. The molecule has 0 saturated heterocycles. The molecule has 0 atom stereocenters. The molecule has 33 heavy (non-hydrogen) atoms. The molecule has 1 aliphatic rings. The number of hydrogen-bond acceptors (Lipinski definition) is 5. The monoisotopic (exact) mass is 448 g/mol. The van der Waals surface area contributed by atoms with Crippen molar-refractivity contribution >= 4 is 5.97 Å². The van der Waals surface area contributed by atoms with Crippen molar-refractivity contribution in [3.63, 3.8) is 0 Å². The Bertz CT molecular complexity index is 952. The fourth-order valence-corrected chi connectivity index (χ4v) is 4.77. The molecule has 0 fully saturated rings. The third-order valence-electron chi connectivity index (χ3n) is 6.23. The molecule has 0 radical (unpaired) electrons. The average molecular weight is 449 g/mol. The summed E-state index contributed by atoms with van der Waals surface area (Å²) in [4.78, 5) is 11.7. The molecule has 2 aromatic carbocycles. The van der Waals surface area contributed by atoms with Crippen molar-refractivity contribution in [3.05, 3.63) is 64.7 Å². The molecule has 176 valence electrons. The summed E-state index contributed by atoms with van der Waals surface area (Å²) in [7, 11) is 0. The minimum Gasteiger partial charge on any atom is -0.492 e. The van der Waals surface area contributed by atoms with Gasteiger partial charge in [-0.3, -0.25) is 4.79 Å². The van der Waals surface area contributed by atoms with Crippen LogP contribution in [0.4, 0.5) is 0 Å². The molecule has 0 unspecified atom stereocenters. The number of nitrogens with one attached hydrogen (secondary N) is 1. The van der Waals surface area contributed by atoms with E-state index in [1.54, 1.807) is 13.0 Å². The molecular formula is C28H36N2O3. The van der Waals surface area contributed by atoms with Gasteiger partial charge in [-0.15, -0.1) is 0 Å². The van der Waals surface area contributed by atoms with Crippen LogP contribution in [0, 0.1) is 17.2 Å². The number of nitriles is 1. The molecule has 0 aliphatic heterocycles. The first-order valence-electron chi connectivity index (χ1n) is 12.0. The second-order valence-electron chi connectivity index (χ2n) is 9.47. The van der Waals surface area contributed by atoms with Crippen LogP contribution in [0.25, 0.3) is 0 Å². The Kier molecular flexibility index (Phi) is 8.91. The Balaban J connectivity index is 1.44. The van der Waals surface area contributed by atoms with Gasteiger partial charge in [-0.05, 0) is 88.1 Å². The molecule has 0 bridgehead atoms. The zero-order valence-electron chi connectivity index (χ0n) is 20.2. The molecule has 0 spiro atoms. The van der Waals surface area contributed by atoms with Crippen LogP contribution in [0.2, 0.25) is 0 Å². The highest BCUT2D eigenvalue weighted by Crippen LogP contribution is 2.32. The van der Waals surface area contributed by atoms with E-state index in [1.165, 1.54) is 24.0 Å². The quantitative estimate of drug-likeness (QED) is 0.366. The van der Waals surface area contributed by atoms with E-state index in [1.807, 2.05) is 12.1 Å². The largest absolute Gasteiger partial charge is 0.492 e. The molecule has 0 amide bonds. The first kappa shape index (κ1) is 24.8. The normalized spacial score (nSPS) is 13.4. The van der Waals surface area contributed by atoms with Crippen molar-refractivity contribution in [2.75, 3.05) is 19.8 Å². The SMILES string of the molecule is CCOC(=O)CCc1cccc(C#N)c1OCCCNC(C)(C)CC1Cc2ccccc2C1. The van der Waals surface area contributed by atoms with Crippen LogP contribution >= 0.6 is 0 Å². The van der Waals surface area contributed by atoms with Gasteiger partial charge in [0, 0.05) is 12.0 Å².